The first-order chi connectivity index (χ1) is 11.4. The number of ketones is 2. The number of aromatic hydroxyl groups is 2. The second-order valence-electron chi connectivity index (χ2n) is 5.41. The molecule has 0 aliphatic rings. The van der Waals surface area contributed by atoms with Crippen molar-refractivity contribution in [3.05, 3.63) is 71.3 Å². The molecule has 0 aromatic heterocycles. The maximum Gasteiger partial charge on any atom is 0.163 e. The van der Waals surface area contributed by atoms with Crippen molar-refractivity contribution < 1.29 is 19.8 Å². The molecule has 4 nitrogen and oxygen atoms in total. The summed E-state index contributed by atoms with van der Waals surface area (Å²) in [5, 5.41) is 18.6. The van der Waals surface area contributed by atoms with Gasteiger partial charge in [-0.2, -0.15) is 0 Å². The molecular weight excluding hydrogens is 304 g/mol. The van der Waals surface area contributed by atoms with E-state index in [0.29, 0.717) is 0 Å². The third-order valence-corrected chi connectivity index (χ3v) is 3.39. The van der Waals surface area contributed by atoms with E-state index in [-0.39, 0.29) is 29.5 Å². The fourth-order valence-electron chi connectivity index (χ4n) is 2.04. The summed E-state index contributed by atoms with van der Waals surface area (Å²) in [6.07, 6.45) is 5.72. The topological polar surface area (TPSA) is 74.6 Å². The zero-order valence-corrected chi connectivity index (χ0v) is 13.3. The van der Waals surface area contributed by atoms with E-state index in [9.17, 15) is 19.8 Å². The molecule has 0 unspecified atom stereocenters. The first-order valence-electron chi connectivity index (χ1n) is 7.44. The smallest absolute Gasteiger partial charge is 0.163 e. The van der Waals surface area contributed by atoms with Crippen LogP contribution in [0.25, 0.3) is 12.2 Å². The Hall–Kier alpha value is -3.14. The van der Waals surface area contributed by atoms with Gasteiger partial charge in [0.25, 0.3) is 0 Å². The monoisotopic (exact) mass is 322 g/mol. The number of carbonyl (C=O) groups excluding carboxylic acids is 2. The lowest BCUT2D eigenvalue weighted by Crippen LogP contribution is -2.01. The van der Waals surface area contributed by atoms with Crippen LogP contribution in [0.4, 0.5) is 0 Å². The zero-order valence-electron chi connectivity index (χ0n) is 13.3. The Bertz CT molecular complexity index is 799. The highest BCUT2D eigenvalue weighted by Gasteiger charge is 2.04. The first-order valence-corrected chi connectivity index (χ1v) is 7.44. The molecule has 4 heteroatoms. The molecular formula is C20H18O4. The van der Waals surface area contributed by atoms with Gasteiger partial charge in [-0.05, 0) is 60.0 Å². The molecule has 2 N–H and O–H groups in total. The van der Waals surface area contributed by atoms with Crippen molar-refractivity contribution >= 4 is 23.7 Å². The van der Waals surface area contributed by atoms with Gasteiger partial charge in [0.1, 0.15) is 11.5 Å². The fraction of sp³-hybridized carbons (Fsp3) is 0.100. The summed E-state index contributed by atoms with van der Waals surface area (Å²) in [6, 6.07) is 11.4. The normalized spacial score (nSPS) is 11.2. The summed E-state index contributed by atoms with van der Waals surface area (Å²) in [6.45, 7) is 1.77. The predicted molar refractivity (Wildman–Crippen MR) is 93.6 cm³/mol. The molecule has 2 aromatic carbocycles. The van der Waals surface area contributed by atoms with Gasteiger partial charge in [0.2, 0.25) is 0 Å². The van der Waals surface area contributed by atoms with E-state index >= 15 is 0 Å². The Morgan fingerprint density at radius 3 is 2.00 bits per heavy atom. The largest absolute Gasteiger partial charge is 0.508 e. The van der Waals surface area contributed by atoms with Crippen LogP contribution in [-0.2, 0) is 9.59 Å². The van der Waals surface area contributed by atoms with E-state index in [4.69, 9.17) is 0 Å². The highest BCUT2D eigenvalue weighted by molar-refractivity contribution is 6.10. The maximum atomic E-state index is 11.8. The second-order valence-corrected chi connectivity index (χ2v) is 5.41. The maximum absolute atomic E-state index is 11.8. The number of phenolic OH excluding ortho intramolecular Hbond substituents is 2. The average molecular weight is 322 g/mol. The van der Waals surface area contributed by atoms with Crippen LogP contribution in [0.5, 0.6) is 11.5 Å². The standard InChI is InChI=1S/C20H18O4/c1-14-12-16(6-11-20(14)24)5-10-19(23)13-18(22)9-4-15-2-7-17(21)8-3-15/h2-12,21,24H,13H2,1H3. The summed E-state index contributed by atoms with van der Waals surface area (Å²) < 4.78 is 0. The molecule has 0 fully saturated rings. The molecule has 2 aromatic rings. The average Bonchev–Trinajstić information content (AvgIpc) is 2.55. The van der Waals surface area contributed by atoms with Gasteiger partial charge < -0.3 is 10.2 Å². The number of carbonyl (C=O) groups is 2. The number of aryl methyl sites for hydroxylation is 1. The number of hydrogen-bond donors (Lipinski definition) is 2. The van der Waals surface area contributed by atoms with Gasteiger partial charge in [-0.1, -0.05) is 30.4 Å². The van der Waals surface area contributed by atoms with E-state index < -0.39 is 0 Å². The van der Waals surface area contributed by atoms with Crippen molar-refractivity contribution in [2.24, 2.45) is 0 Å². The molecule has 2 rings (SSSR count). The molecule has 0 atom stereocenters. The summed E-state index contributed by atoms with van der Waals surface area (Å²) in [5.74, 6) is -0.225. The SMILES string of the molecule is Cc1cc(C=CC(=O)CC(=O)C=Cc2ccc(O)cc2)ccc1O. The number of allylic oxidation sites excluding steroid dienone is 2. The van der Waals surface area contributed by atoms with Gasteiger partial charge in [-0.15, -0.1) is 0 Å². The molecule has 0 saturated heterocycles. The van der Waals surface area contributed by atoms with E-state index in [1.54, 1.807) is 49.4 Å². The lowest BCUT2D eigenvalue weighted by Gasteiger charge is -1.99. The van der Waals surface area contributed by atoms with E-state index in [2.05, 4.69) is 0 Å². The molecule has 0 radical (unpaired) electrons. The summed E-state index contributed by atoms with van der Waals surface area (Å²) in [4.78, 5) is 23.6. The Morgan fingerprint density at radius 1 is 0.875 bits per heavy atom. The van der Waals surface area contributed by atoms with Gasteiger partial charge in [-0.3, -0.25) is 9.59 Å². The molecule has 0 amide bonds. The van der Waals surface area contributed by atoms with Crippen LogP contribution in [0.3, 0.4) is 0 Å². The predicted octanol–water partition coefficient (Wildman–Crippen LogP) is 3.66. The third-order valence-electron chi connectivity index (χ3n) is 3.39. The molecule has 0 heterocycles. The van der Waals surface area contributed by atoms with Gasteiger partial charge in [0, 0.05) is 0 Å². The van der Waals surface area contributed by atoms with Crippen molar-refractivity contribution in [1.82, 2.24) is 0 Å². The van der Waals surface area contributed by atoms with E-state index in [1.807, 2.05) is 0 Å². The van der Waals surface area contributed by atoms with E-state index in [1.165, 1.54) is 24.3 Å². The summed E-state index contributed by atoms with van der Waals surface area (Å²) >= 11 is 0. The Balaban J connectivity index is 1.91. The Labute approximate surface area is 140 Å². The second kappa shape index (κ2) is 7.92. The quantitative estimate of drug-likeness (QED) is 0.629. The van der Waals surface area contributed by atoms with Crippen LogP contribution >= 0.6 is 0 Å². The number of phenols is 2. The minimum Gasteiger partial charge on any atom is -0.508 e. The van der Waals surface area contributed by atoms with Crippen molar-refractivity contribution in [3.8, 4) is 11.5 Å². The van der Waals surface area contributed by atoms with Gasteiger partial charge in [0.15, 0.2) is 11.6 Å². The lowest BCUT2D eigenvalue weighted by molar-refractivity contribution is -0.121. The van der Waals surface area contributed by atoms with Gasteiger partial charge in [-0.25, -0.2) is 0 Å². The van der Waals surface area contributed by atoms with Crippen molar-refractivity contribution in [1.29, 1.82) is 0 Å². The molecule has 0 aliphatic carbocycles. The van der Waals surface area contributed by atoms with Crippen LogP contribution in [0.1, 0.15) is 23.1 Å². The summed E-state index contributed by atoms with van der Waals surface area (Å²) in [7, 11) is 0. The minimum absolute atomic E-state index is 0.156. The number of hydrogen-bond acceptors (Lipinski definition) is 4. The molecule has 122 valence electrons. The van der Waals surface area contributed by atoms with Crippen LogP contribution in [0.2, 0.25) is 0 Å². The van der Waals surface area contributed by atoms with Crippen LogP contribution in [0, 0.1) is 6.92 Å². The summed E-state index contributed by atoms with van der Waals surface area (Å²) in [5.41, 5.74) is 2.27. The Morgan fingerprint density at radius 2 is 1.42 bits per heavy atom. The van der Waals surface area contributed by atoms with Crippen LogP contribution in [0.15, 0.2) is 54.6 Å². The zero-order chi connectivity index (χ0) is 17.5. The number of rotatable bonds is 6. The van der Waals surface area contributed by atoms with Crippen LogP contribution < -0.4 is 0 Å². The van der Waals surface area contributed by atoms with E-state index in [0.717, 1.165) is 16.7 Å². The van der Waals surface area contributed by atoms with Crippen molar-refractivity contribution in [3.63, 3.8) is 0 Å². The molecule has 0 spiro atoms. The van der Waals surface area contributed by atoms with Gasteiger partial charge >= 0.3 is 0 Å². The fourth-order valence-corrected chi connectivity index (χ4v) is 2.04. The van der Waals surface area contributed by atoms with Crippen molar-refractivity contribution in [2.75, 3.05) is 0 Å². The molecule has 0 saturated carbocycles. The van der Waals surface area contributed by atoms with Crippen molar-refractivity contribution in [2.45, 2.75) is 13.3 Å². The third kappa shape index (κ3) is 5.25. The highest BCUT2D eigenvalue weighted by atomic mass is 16.3. The first kappa shape index (κ1) is 17.2. The van der Waals surface area contributed by atoms with Gasteiger partial charge in [0.05, 0.1) is 6.42 Å². The molecule has 24 heavy (non-hydrogen) atoms. The molecule has 0 aliphatic heterocycles. The highest BCUT2D eigenvalue weighted by Crippen LogP contribution is 2.17. The molecule has 0 bridgehead atoms. The number of benzene rings is 2. The Kier molecular flexibility index (Phi) is 5.68. The van der Waals surface area contributed by atoms with Crippen LogP contribution in [-0.4, -0.2) is 21.8 Å². The lowest BCUT2D eigenvalue weighted by atomic mass is 10.1. The minimum atomic E-state index is -0.292.